The number of Topliss-reactive ketones (excluding diaryl/α,β-unsaturated/α-hetero) is 1. The summed E-state index contributed by atoms with van der Waals surface area (Å²) >= 11 is 12.5. The van der Waals surface area contributed by atoms with E-state index in [4.69, 9.17) is 22.3 Å². The van der Waals surface area contributed by atoms with Gasteiger partial charge in [0, 0.05) is 17.1 Å². The molecule has 2 unspecified atom stereocenters. The van der Waals surface area contributed by atoms with Crippen LogP contribution in [0.1, 0.15) is 34.9 Å². The Morgan fingerprint density at radius 3 is 2.65 bits per heavy atom. The van der Waals surface area contributed by atoms with Gasteiger partial charge in [-0.15, -0.1) is 0 Å². The topological polar surface area (TPSA) is 94.1 Å². The Morgan fingerprint density at radius 1 is 1.18 bits per heavy atom. The minimum Gasteiger partial charge on any atom is -0.369 e. The highest BCUT2D eigenvalue weighted by molar-refractivity contribution is 7.78. The quantitative estimate of drug-likeness (QED) is 0.311. The van der Waals surface area contributed by atoms with Crippen LogP contribution in [0.15, 0.2) is 65.5 Å². The average Bonchev–Trinajstić information content (AvgIpc) is 3.48. The van der Waals surface area contributed by atoms with Crippen molar-refractivity contribution in [3.05, 3.63) is 93.0 Å². The van der Waals surface area contributed by atoms with Crippen LogP contribution in [0.5, 0.6) is 0 Å². The first kappa shape index (κ1) is 22.6. The second-order valence-corrected chi connectivity index (χ2v) is 9.68. The molecular weight excluding hydrogens is 490 g/mol. The van der Waals surface area contributed by atoms with E-state index in [-0.39, 0.29) is 12.2 Å². The highest BCUT2D eigenvalue weighted by Gasteiger charge is 2.53. The highest BCUT2D eigenvalue weighted by atomic mass is 35.5. The maximum absolute atomic E-state index is 13.7. The Bertz CT molecular complexity index is 1380. The van der Waals surface area contributed by atoms with Crippen LogP contribution >= 0.6 is 35.8 Å². The molecule has 0 saturated carbocycles. The number of pyridine rings is 1. The van der Waals surface area contributed by atoms with Gasteiger partial charge < -0.3 is 5.73 Å². The molecule has 1 aliphatic rings. The van der Waals surface area contributed by atoms with E-state index in [0.717, 1.165) is 11.3 Å². The summed E-state index contributed by atoms with van der Waals surface area (Å²) in [7, 11) is 0. The van der Waals surface area contributed by atoms with E-state index < -0.39 is 17.4 Å². The maximum atomic E-state index is 13.7. The van der Waals surface area contributed by atoms with Crippen LogP contribution in [0.25, 0.3) is 5.82 Å². The molecule has 0 radical (unpaired) electrons. The number of aryl methyl sites for hydroxylation is 1. The number of piperidine rings is 1. The number of nitrogen functional groups attached to an aromatic ring is 1. The zero-order valence-electron chi connectivity index (χ0n) is 18.1. The lowest BCUT2D eigenvalue weighted by Gasteiger charge is -2.45. The molecule has 0 aliphatic carbocycles. The molecule has 0 bridgehead atoms. The first-order chi connectivity index (χ1) is 16.3. The number of hydrogen-bond acceptors (Lipinski definition) is 7. The van der Waals surface area contributed by atoms with Gasteiger partial charge in [-0.3, -0.25) is 18.5 Å². The fraction of sp³-hybridized carbons (Fsp3) is 0.167. The largest absolute Gasteiger partial charge is 0.369 e. The summed E-state index contributed by atoms with van der Waals surface area (Å²) in [5, 5.41) is 4.17. The van der Waals surface area contributed by atoms with E-state index >= 15 is 0 Å². The number of nitrogens with two attached hydrogens (primary N) is 1. The van der Waals surface area contributed by atoms with Crippen molar-refractivity contribution in [1.29, 1.82) is 0 Å². The molecule has 4 aromatic rings. The van der Waals surface area contributed by atoms with Crippen molar-refractivity contribution >= 4 is 53.4 Å². The average molecular weight is 510 g/mol. The van der Waals surface area contributed by atoms with E-state index in [1.165, 1.54) is 15.6 Å². The lowest BCUT2D eigenvalue weighted by Crippen LogP contribution is -2.54. The molecule has 1 fully saturated rings. The number of thiol groups is 1. The minimum absolute atomic E-state index is 0.0102. The van der Waals surface area contributed by atoms with Crippen LogP contribution in [0.3, 0.4) is 0 Å². The van der Waals surface area contributed by atoms with Crippen LogP contribution < -0.4 is 5.73 Å². The smallest absolute Gasteiger partial charge is 0.248 e. The standard InChI is InChI=1S/C24H20ClN5O2S2/c1-14-12-27-23(26)29(14)20-8-4-7-19(28-20)24(15-9-10-34-13-15)11-18(31)21(22(32)30(24)33)16-5-2-3-6-17(16)25/h2-10,12-13,21,33H,11H2,1H3,(H2,26,27). The fourth-order valence-electron chi connectivity index (χ4n) is 4.50. The van der Waals surface area contributed by atoms with E-state index in [0.29, 0.717) is 28.0 Å². The summed E-state index contributed by atoms with van der Waals surface area (Å²) < 4.78 is 3.05. The molecular formula is C24H20ClN5O2S2. The molecule has 172 valence electrons. The molecule has 2 N–H and O–H groups in total. The van der Waals surface area contributed by atoms with Gasteiger partial charge in [0.15, 0.2) is 5.78 Å². The predicted octanol–water partition coefficient (Wildman–Crippen LogP) is 4.55. The van der Waals surface area contributed by atoms with Crippen LogP contribution in [-0.4, -0.2) is 30.5 Å². The second kappa shape index (κ2) is 8.57. The number of anilines is 1. The zero-order valence-corrected chi connectivity index (χ0v) is 20.5. The molecule has 1 amide bonds. The third-order valence-electron chi connectivity index (χ3n) is 6.14. The molecule has 2 atom stereocenters. The van der Waals surface area contributed by atoms with Gasteiger partial charge in [0.2, 0.25) is 11.9 Å². The SMILES string of the molecule is Cc1cnc(N)n1-c1cccc(C2(c3ccsc3)CC(=O)C(c3ccccc3Cl)C(=O)N2S)n1. The van der Waals surface area contributed by atoms with E-state index in [2.05, 4.69) is 17.8 Å². The number of imidazole rings is 1. The number of amides is 1. The number of hydrogen-bond donors (Lipinski definition) is 2. The van der Waals surface area contributed by atoms with E-state index in [1.807, 2.05) is 29.8 Å². The normalized spacial score (nSPS) is 20.7. The van der Waals surface area contributed by atoms with Crippen molar-refractivity contribution in [3.8, 4) is 5.82 Å². The lowest BCUT2D eigenvalue weighted by atomic mass is 9.75. The van der Waals surface area contributed by atoms with E-state index in [9.17, 15) is 9.59 Å². The molecule has 3 aromatic heterocycles. The number of halogens is 1. The van der Waals surface area contributed by atoms with Crippen molar-refractivity contribution in [2.75, 3.05) is 5.73 Å². The summed E-state index contributed by atoms with van der Waals surface area (Å²) in [5.41, 5.74) is 7.41. The van der Waals surface area contributed by atoms with E-state index in [1.54, 1.807) is 47.2 Å². The number of nitrogens with zero attached hydrogens (tertiary/aromatic N) is 4. The van der Waals surface area contributed by atoms with Gasteiger partial charge in [0.1, 0.15) is 17.3 Å². The molecule has 5 rings (SSSR count). The molecule has 1 saturated heterocycles. The molecule has 7 nitrogen and oxygen atoms in total. The third kappa shape index (κ3) is 3.43. The number of thiophene rings is 1. The van der Waals surface area contributed by atoms with Gasteiger partial charge in [-0.2, -0.15) is 11.3 Å². The van der Waals surface area contributed by atoms with Gasteiger partial charge in [-0.1, -0.05) is 48.7 Å². The molecule has 0 spiro atoms. The van der Waals surface area contributed by atoms with Crippen LogP contribution in [0, 0.1) is 6.92 Å². The fourth-order valence-corrected chi connectivity index (χ4v) is 5.87. The first-order valence-electron chi connectivity index (χ1n) is 10.4. The Morgan fingerprint density at radius 2 is 1.97 bits per heavy atom. The van der Waals surface area contributed by atoms with Crippen molar-refractivity contribution in [3.63, 3.8) is 0 Å². The maximum Gasteiger partial charge on any atom is 0.248 e. The summed E-state index contributed by atoms with van der Waals surface area (Å²) in [5.74, 6) is -0.907. The van der Waals surface area contributed by atoms with Crippen molar-refractivity contribution in [2.45, 2.75) is 24.8 Å². The van der Waals surface area contributed by atoms with Gasteiger partial charge in [-0.25, -0.2) is 9.97 Å². The van der Waals surface area contributed by atoms with Crippen LogP contribution in [-0.2, 0) is 15.1 Å². The highest BCUT2D eigenvalue weighted by Crippen LogP contribution is 2.48. The number of carbonyl (C=O) groups excluding carboxylic acids is 2. The molecule has 1 aliphatic heterocycles. The van der Waals surface area contributed by atoms with Crippen molar-refractivity contribution in [2.24, 2.45) is 0 Å². The van der Waals surface area contributed by atoms with Gasteiger partial charge >= 0.3 is 0 Å². The number of carbonyl (C=O) groups is 2. The molecule has 34 heavy (non-hydrogen) atoms. The number of rotatable bonds is 4. The summed E-state index contributed by atoms with van der Waals surface area (Å²) in [6, 6.07) is 14.2. The van der Waals surface area contributed by atoms with Crippen molar-refractivity contribution in [1.82, 2.24) is 18.8 Å². The molecule has 1 aromatic carbocycles. The van der Waals surface area contributed by atoms with Gasteiger partial charge in [0.05, 0.1) is 11.9 Å². The first-order valence-corrected chi connectivity index (χ1v) is 12.2. The Hall–Kier alpha value is -3.14. The van der Waals surface area contributed by atoms with Crippen molar-refractivity contribution < 1.29 is 9.59 Å². The minimum atomic E-state index is -1.20. The third-order valence-corrected chi connectivity index (χ3v) is 7.70. The molecule has 10 heteroatoms. The van der Waals surface area contributed by atoms with Gasteiger partial charge in [0.25, 0.3) is 0 Å². The Kier molecular flexibility index (Phi) is 5.71. The monoisotopic (exact) mass is 509 g/mol. The predicted molar refractivity (Wildman–Crippen MR) is 135 cm³/mol. The van der Waals surface area contributed by atoms with Crippen LogP contribution in [0.2, 0.25) is 5.02 Å². The second-order valence-electron chi connectivity index (χ2n) is 8.09. The summed E-state index contributed by atoms with van der Waals surface area (Å²) in [4.78, 5) is 36.3. The summed E-state index contributed by atoms with van der Waals surface area (Å²) in [6.45, 7) is 1.87. The Labute approximate surface area is 210 Å². The number of aromatic nitrogens is 3. The van der Waals surface area contributed by atoms with Crippen LogP contribution in [0.4, 0.5) is 5.95 Å². The molecule has 4 heterocycles. The summed E-state index contributed by atoms with van der Waals surface area (Å²) in [6.07, 6.45) is 1.65. The zero-order chi connectivity index (χ0) is 24.0. The number of benzene rings is 1. The van der Waals surface area contributed by atoms with Gasteiger partial charge in [-0.05, 0) is 53.1 Å². The number of ketones is 1. The lowest BCUT2D eigenvalue weighted by molar-refractivity contribution is -0.142. The Balaban J connectivity index is 1.67.